The molecule has 0 spiro atoms. The predicted octanol–water partition coefficient (Wildman–Crippen LogP) is 0.494. The van der Waals surface area contributed by atoms with E-state index in [1.807, 2.05) is 11.9 Å². The molecule has 1 saturated heterocycles. The topological polar surface area (TPSA) is 67.7 Å². The molecule has 0 bridgehead atoms. The molecule has 0 N–H and O–H groups in total. The number of carbonyl (C=O) groups excluding carboxylic acids is 1. The number of likely N-dealkylation sites (N-methyl/N-ethyl adjacent to an activating group) is 1. The number of likely N-dealkylation sites (tertiary alicyclic amines) is 1. The first kappa shape index (κ1) is 17.1. The summed E-state index contributed by atoms with van der Waals surface area (Å²) in [7, 11) is 5.18. The van der Waals surface area contributed by atoms with Crippen LogP contribution in [0.15, 0.2) is 16.9 Å². The minimum absolute atomic E-state index is 0.120. The molecule has 24 heavy (non-hydrogen) atoms. The standard InChI is InChI=1S/C17H26N4O3/c1-19(17(23)13-7-8-16(22)20(2)18-13)14-5-4-6-15(14)21-10-9-12(11-21)24-3/h7-8,12,14-15H,4-6,9-11H2,1-3H3/t12?,14-,15+/m1/s1. The summed E-state index contributed by atoms with van der Waals surface area (Å²) in [4.78, 5) is 28.5. The summed E-state index contributed by atoms with van der Waals surface area (Å²) in [6.45, 7) is 1.97. The van der Waals surface area contributed by atoms with Gasteiger partial charge in [0.05, 0.1) is 6.10 Å². The lowest BCUT2D eigenvalue weighted by Gasteiger charge is -2.35. The van der Waals surface area contributed by atoms with Gasteiger partial charge in [0.15, 0.2) is 0 Å². The Labute approximate surface area is 142 Å². The Kier molecular flexibility index (Phi) is 5.01. The number of aryl methyl sites for hydroxylation is 1. The second-order valence-electron chi connectivity index (χ2n) is 6.80. The Hall–Kier alpha value is -1.73. The van der Waals surface area contributed by atoms with E-state index in [4.69, 9.17) is 4.74 Å². The van der Waals surface area contributed by atoms with Crippen molar-refractivity contribution in [3.63, 3.8) is 0 Å². The van der Waals surface area contributed by atoms with Crippen molar-refractivity contribution < 1.29 is 9.53 Å². The second-order valence-corrected chi connectivity index (χ2v) is 6.80. The Morgan fingerprint density at radius 3 is 2.79 bits per heavy atom. The van der Waals surface area contributed by atoms with Crippen molar-refractivity contribution in [2.75, 3.05) is 27.2 Å². The van der Waals surface area contributed by atoms with Crippen LogP contribution in [0.2, 0.25) is 0 Å². The Bertz CT molecular complexity index is 659. The highest BCUT2D eigenvalue weighted by atomic mass is 16.5. The van der Waals surface area contributed by atoms with Crippen molar-refractivity contribution in [3.8, 4) is 0 Å². The molecule has 0 aromatic carbocycles. The van der Waals surface area contributed by atoms with Gasteiger partial charge in [-0.05, 0) is 31.7 Å². The maximum Gasteiger partial charge on any atom is 0.274 e. The lowest BCUT2D eigenvalue weighted by molar-refractivity contribution is 0.0598. The molecule has 0 radical (unpaired) electrons. The summed E-state index contributed by atoms with van der Waals surface area (Å²) >= 11 is 0. The third kappa shape index (κ3) is 3.23. The van der Waals surface area contributed by atoms with Gasteiger partial charge >= 0.3 is 0 Å². The van der Waals surface area contributed by atoms with Crippen LogP contribution in [0.1, 0.15) is 36.2 Å². The average molecular weight is 334 g/mol. The zero-order valence-electron chi connectivity index (χ0n) is 14.6. The maximum absolute atomic E-state index is 12.8. The molecule has 1 aromatic heterocycles. The predicted molar refractivity (Wildman–Crippen MR) is 90.0 cm³/mol. The largest absolute Gasteiger partial charge is 0.380 e. The fraction of sp³-hybridized carbons (Fsp3) is 0.706. The van der Waals surface area contributed by atoms with Crippen molar-refractivity contribution in [3.05, 3.63) is 28.2 Å². The number of hydrogen-bond acceptors (Lipinski definition) is 5. The van der Waals surface area contributed by atoms with Gasteiger partial charge in [-0.1, -0.05) is 0 Å². The zero-order chi connectivity index (χ0) is 17.3. The summed E-state index contributed by atoms with van der Waals surface area (Å²) in [6.07, 6.45) is 4.60. The third-order valence-electron chi connectivity index (χ3n) is 5.42. The lowest BCUT2D eigenvalue weighted by atomic mass is 10.1. The summed E-state index contributed by atoms with van der Waals surface area (Å²) in [5.74, 6) is -0.120. The molecule has 132 valence electrons. The fourth-order valence-electron chi connectivity index (χ4n) is 3.99. The van der Waals surface area contributed by atoms with Crippen LogP contribution in [-0.4, -0.2) is 70.9 Å². The van der Waals surface area contributed by atoms with E-state index in [0.29, 0.717) is 17.8 Å². The number of methoxy groups -OCH3 is 1. The van der Waals surface area contributed by atoms with Crippen LogP contribution in [0.5, 0.6) is 0 Å². The van der Waals surface area contributed by atoms with Gasteiger partial charge in [-0.25, -0.2) is 4.68 Å². The number of rotatable bonds is 4. The van der Waals surface area contributed by atoms with Gasteiger partial charge in [-0.2, -0.15) is 5.10 Å². The molecule has 3 atom stereocenters. The highest BCUT2D eigenvalue weighted by molar-refractivity contribution is 5.92. The summed E-state index contributed by atoms with van der Waals surface area (Å²) < 4.78 is 6.68. The number of aromatic nitrogens is 2. The number of amides is 1. The van der Waals surface area contributed by atoms with Gasteiger partial charge < -0.3 is 9.64 Å². The molecule has 3 rings (SSSR count). The Morgan fingerprint density at radius 1 is 1.33 bits per heavy atom. The van der Waals surface area contributed by atoms with E-state index in [2.05, 4.69) is 10.00 Å². The van der Waals surface area contributed by atoms with Crippen LogP contribution in [-0.2, 0) is 11.8 Å². The first-order valence-corrected chi connectivity index (χ1v) is 8.59. The molecular formula is C17H26N4O3. The van der Waals surface area contributed by atoms with E-state index in [1.54, 1.807) is 14.2 Å². The van der Waals surface area contributed by atoms with E-state index < -0.39 is 0 Å². The summed E-state index contributed by atoms with van der Waals surface area (Å²) in [5.41, 5.74) is 0.108. The minimum Gasteiger partial charge on any atom is -0.380 e. The molecular weight excluding hydrogens is 308 g/mol. The molecule has 2 aliphatic rings. The lowest BCUT2D eigenvalue weighted by Crippen LogP contribution is -2.49. The van der Waals surface area contributed by atoms with Crippen LogP contribution in [0.3, 0.4) is 0 Å². The van der Waals surface area contributed by atoms with Crippen molar-refractivity contribution >= 4 is 5.91 Å². The quantitative estimate of drug-likeness (QED) is 0.802. The average Bonchev–Trinajstić information content (AvgIpc) is 3.24. The first-order valence-electron chi connectivity index (χ1n) is 8.59. The Morgan fingerprint density at radius 2 is 2.12 bits per heavy atom. The van der Waals surface area contributed by atoms with Gasteiger partial charge in [0, 0.05) is 52.4 Å². The molecule has 1 unspecified atom stereocenters. The van der Waals surface area contributed by atoms with Crippen LogP contribution in [0.25, 0.3) is 0 Å². The van der Waals surface area contributed by atoms with Crippen molar-refractivity contribution in [1.29, 1.82) is 0 Å². The first-order chi connectivity index (χ1) is 11.5. The molecule has 2 heterocycles. The normalized spacial score (nSPS) is 27.5. The molecule has 7 heteroatoms. The van der Waals surface area contributed by atoms with E-state index in [0.717, 1.165) is 38.8 Å². The van der Waals surface area contributed by atoms with E-state index >= 15 is 0 Å². The summed E-state index contributed by atoms with van der Waals surface area (Å²) in [6, 6.07) is 3.48. The van der Waals surface area contributed by atoms with Gasteiger partial charge in [0.1, 0.15) is 5.69 Å². The molecule has 1 aliphatic carbocycles. The molecule has 7 nitrogen and oxygen atoms in total. The molecule has 2 fully saturated rings. The molecule has 1 amide bonds. The van der Waals surface area contributed by atoms with E-state index in [-0.39, 0.29) is 17.5 Å². The van der Waals surface area contributed by atoms with E-state index in [9.17, 15) is 9.59 Å². The second kappa shape index (κ2) is 7.03. The molecule has 1 aliphatic heterocycles. The van der Waals surface area contributed by atoms with Crippen molar-refractivity contribution in [2.45, 2.75) is 43.9 Å². The van der Waals surface area contributed by atoms with Crippen LogP contribution < -0.4 is 5.56 Å². The van der Waals surface area contributed by atoms with E-state index in [1.165, 1.54) is 16.8 Å². The highest BCUT2D eigenvalue weighted by Gasteiger charge is 2.39. The van der Waals surface area contributed by atoms with Crippen LogP contribution >= 0.6 is 0 Å². The zero-order valence-corrected chi connectivity index (χ0v) is 14.6. The van der Waals surface area contributed by atoms with Gasteiger partial charge in [0.25, 0.3) is 11.5 Å². The van der Waals surface area contributed by atoms with Gasteiger partial charge in [-0.15, -0.1) is 0 Å². The molecule has 1 aromatic rings. The maximum atomic E-state index is 12.8. The highest BCUT2D eigenvalue weighted by Crippen LogP contribution is 2.31. The Balaban J connectivity index is 1.73. The smallest absolute Gasteiger partial charge is 0.274 e. The van der Waals surface area contributed by atoms with Crippen LogP contribution in [0.4, 0.5) is 0 Å². The van der Waals surface area contributed by atoms with Crippen molar-refractivity contribution in [2.24, 2.45) is 7.05 Å². The van der Waals surface area contributed by atoms with Crippen molar-refractivity contribution in [1.82, 2.24) is 19.6 Å². The number of carbonyl (C=O) groups is 1. The minimum atomic E-state index is -0.212. The molecule has 1 saturated carbocycles. The number of nitrogens with zero attached hydrogens (tertiary/aromatic N) is 4. The van der Waals surface area contributed by atoms with Crippen LogP contribution in [0, 0.1) is 0 Å². The SMILES string of the molecule is COC1CCN([C@H]2CCC[C@H]2N(C)C(=O)c2ccc(=O)n(C)n2)C1. The summed E-state index contributed by atoms with van der Waals surface area (Å²) in [5, 5.41) is 4.09. The fourth-order valence-corrected chi connectivity index (χ4v) is 3.99. The number of ether oxygens (including phenoxy) is 1. The van der Waals surface area contributed by atoms with Gasteiger partial charge in [0.2, 0.25) is 0 Å². The van der Waals surface area contributed by atoms with Gasteiger partial charge in [-0.3, -0.25) is 14.5 Å². The third-order valence-corrected chi connectivity index (χ3v) is 5.42. The number of hydrogen-bond donors (Lipinski definition) is 0. The monoisotopic (exact) mass is 334 g/mol.